The summed E-state index contributed by atoms with van der Waals surface area (Å²) in [6.07, 6.45) is -1.71. The number of amides is 2. The molecule has 1 aromatic carbocycles. The van der Waals surface area contributed by atoms with Gasteiger partial charge in [0.2, 0.25) is 5.69 Å². The van der Waals surface area contributed by atoms with Crippen LogP contribution in [-0.4, -0.2) is 36.0 Å². The van der Waals surface area contributed by atoms with Crippen molar-refractivity contribution in [2.45, 2.75) is 66.1 Å². The largest absolute Gasteiger partial charge is 0.618 e. The molecule has 1 heterocycles. The third-order valence-electron chi connectivity index (χ3n) is 4.10. The van der Waals surface area contributed by atoms with E-state index in [0.717, 1.165) is 6.20 Å². The molecule has 0 unspecified atom stereocenters. The molecule has 0 aliphatic carbocycles. The van der Waals surface area contributed by atoms with E-state index in [1.807, 2.05) is 0 Å². The van der Waals surface area contributed by atoms with Crippen LogP contribution in [0.3, 0.4) is 0 Å². The Morgan fingerprint density at radius 1 is 0.917 bits per heavy atom. The van der Waals surface area contributed by atoms with Gasteiger partial charge < -0.3 is 9.94 Å². The first-order valence-corrected chi connectivity index (χ1v) is 11.3. The summed E-state index contributed by atoms with van der Waals surface area (Å²) in [7, 11) is 0. The van der Waals surface area contributed by atoms with Crippen molar-refractivity contribution in [2.24, 2.45) is 0 Å². The normalized spacial score (nSPS) is 11.5. The second-order valence-electron chi connectivity index (χ2n) is 9.68. The van der Waals surface area contributed by atoms with Crippen LogP contribution in [0.4, 0.5) is 15.3 Å². The molecule has 0 saturated heterocycles. The fourth-order valence-electron chi connectivity index (χ4n) is 2.79. The third-order valence-corrected chi connectivity index (χ3v) is 4.10. The van der Waals surface area contributed by atoms with E-state index in [4.69, 9.17) is 24.3 Å². The van der Waals surface area contributed by atoms with Crippen LogP contribution in [0.1, 0.15) is 54.0 Å². The summed E-state index contributed by atoms with van der Waals surface area (Å²) < 4.78 is 5.41. The van der Waals surface area contributed by atoms with E-state index in [9.17, 15) is 19.6 Å². The number of imide groups is 1. The van der Waals surface area contributed by atoms with Crippen molar-refractivity contribution in [2.75, 3.05) is 11.5 Å². The highest BCUT2D eigenvalue weighted by Gasteiger charge is 2.36. The highest BCUT2D eigenvalue weighted by molar-refractivity contribution is 6.11. The molecule has 0 bridgehead atoms. The number of carbonyl (C=O) groups excluding carboxylic acids is 3. The molecule has 0 saturated carbocycles. The van der Waals surface area contributed by atoms with Crippen molar-refractivity contribution >= 4 is 23.8 Å². The highest BCUT2D eigenvalue weighted by Crippen LogP contribution is 2.31. The predicted molar refractivity (Wildman–Crippen MR) is 128 cm³/mol. The average Bonchev–Trinajstić information content (AvgIpc) is 2.76. The Hall–Kier alpha value is -3.70. The number of esters is 1. The maximum atomic E-state index is 13.2. The number of hydrogen-bond acceptors (Lipinski definition) is 9. The van der Waals surface area contributed by atoms with Crippen LogP contribution in [0.5, 0.6) is 0 Å². The third kappa shape index (κ3) is 8.51. The van der Waals surface area contributed by atoms with Gasteiger partial charge in [-0.3, -0.25) is 14.6 Å². The molecule has 2 amide bonds. The molecule has 2 aromatic rings. The molecule has 0 N–H and O–H groups in total. The number of nitrogens with zero attached hydrogens (tertiary/aromatic N) is 2. The van der Waals surface area contributed by atoms with Gasteiger partial charge in [0.05, 0.1) is 13.0 Å². The second kappa shape index (κ2) is 11.8. The van der Waals surface area contributed by atoms with E-state index in [1.165, 1.54) is 6.07 Å². The van der Waals surface area contributed by atoms with Crippen LogP contribution >= 0.6 is 0 Å². The minimum absolute atomic E-state index is 0.0800. The van der Waals surface area contributed by atoms with Gasteiger partial charge in [0.25, 0.3) is 0 Å². The van der Waals surface area contributed by atoms with E-state index >= 15 is 0 Å². The average molecular weight is 505 g/mol. The van der Waals surface area contributed by atoms with Crippen LogP contribution in [0.25, 0.3) is 11.3 Å². The number of carbonyl (C=O) groups is 3. The van der Waals surface area contributed by atoms with Gasteiger partial charge in [0, 0.05) is 11.1 Å². The van der Waals surface area contributed by atoms with Crippen LogP contribution in [0, 0.1) is 5.21 Å². The van der Waals surface area contributed by atoms with Crippen molar-refractivity contribution < 1.29 is 43.4 Å². The molecular formula is C25H32N2O9. The summed E-state index contributed by atoms with van der Waals surface area (Å²) >= 11 is 0. The molecule has 0 atom stereocenters. The van der Waals surface area contributed by atoms with Crippen LogP contribution in [-0.2, 0) is 35.5 Å². The summed E-state index contributed by atoms with van der Waals surface area (Å²) in [5, 5.41) is 13.2. The van der Waals surface area contributed by atoms with Gasteiger partial charge in [0.1, 0.15) is 16.9 Å². The van der Waals surface area contributed by atoms with Gasteiger partial charge in [-0.1, -0.05) is 18.2 Å². The number of rotatable bonds is 7. The Morgan fingerprint density at radius 3 is 1.92 bits per heavy atom. The minimum atomic E-state index is -1.29. The fourth-order valence-corrected chi connectivity index (χ4v) is 2.79. The van der Waals surface area contributed by atoms with Crippen molar-refractivity contribution in [1.29, 1.82) is 0 Å². The molecule has 11 nitrogen and oxygen atoms in total. The summed E-state index contributed by atoms with van der Waals surface area (Å²) in [5.41, 5.74) is -1.55. The molecule has 0 fully saturated rings. The molecule has 11 heteroatoms. The zero-order valence-electron chi connectivity index (χ0n) is 21.5. The van der Waals surface area contributed by atoms with Crippen molar-refractivity contribution in [3.8, 4) is 11.3 Å². The lowest BCUT2D eigenvalue weighted by atomic mass is 10.1. The molecule has 196 valence electrons. The first-order valence-electron chi connectivity index (χ1n) is 11.3. The molecule has 2 rings (SSSR count). The summed E-state index contributed by atoms with van der Waals surface area (Å²) in [6.45, 7) is 11.6. The standard InChI is InChI=1S/C25H32N2O9/c1-8-32-20(28)15-17-14-19(21(26(31)16-17)18-12-10-9-11-13-18)27(22(29)33-35-24(2,3)4)23(30)34-36-25(5,6)7/h9-14,16H,8,15H2,1-7H3. The number of aromatic nitrogens is 1. The fraction of sp³-hybridized carbons (Fsp3) is 0.440. The van der Waals surface area contributed by atoms with Crippen molar-refractivity contribution in [3.63, 3.8) is 0 Å². The van der Waals surface area contributed by atoms with Crippen molar-refractivity contribution in [3.05, 3.63) is 53.4 Å². The lowest BCUT2D eigenvalue weighted by Gasteiger charge is -2.24. The van der Waals surface area contributed by atoms with E-state index in [1.54, 1.807) is 78.8 Å². The quantitative estimate of drug-likeness (QED) is 0.174. The zero-order chi connectivity index (χ0) is 27.1. The highest BCUT2D eigenvalue weighted by atomic mass is 17.2. The van der Waals surface area contributed by atoms with Gasteiger partial charge in [-0.05, 0) is 66.7 Å². The molecular weight excluding hydrogens is 472 g/mol. The maximum Gasteiger partial charge on any atom is 0.455 e. The molecule has 1 aromatic heterocycles. The number of benzene rings is 1. The van der Waals surface area contributed by atoms with E-state index in [-0.39, 0.29) is 30.0 Å². The lowest BCUT2D eigenvalue weighted by Crippen LogP contribution is -2.43. The Balaban J connectivity index is 2.67. The van der Waals surface area contributed by atoms with Crippen LogP contribution < -0.4 is 9.63 Å². The summed E-state index contributed by atoms with van der Waals surface area (Å²) in [4.78, 5) is 58.7. The lowest BCUT2D eigenvalue weighted by molar-refractivity contribution is -0.593. The van der Waals surface area contributed by atoms with Gasteiger partial charge in [-0.15, -0.1) is 0 Å². The van der Waals surface area contributed by atoms with E-state index in [2.05, 4.69) is 0 Å². The zero-order valence-corrected chi connectivity index (χ0v) is 21.5. The van der Waals surface area contributed by atoms with Gasteiger partial charge in [-0.2, -0.15) is 19.4 Å². The smallest absolute Gasteiger partial charge is 0.455 e. The van der Waals surface area contributed by atoms with Crippen LogP contribution in [0.15, 0.2) is 42.6 Å². The SMILES string of the molecule is CCOC(=O)Cc1cc(N(C(=O)OOC(C)(C)C)C(=O)OOC(C)(C)C)c(-c2ccccc2)[n+]([O-])c1. The molecule has 0 radical (unpaired) electrons. The van der Waals surface area contributed by atoms with Gasteiger partial charge >= 0.3 is 18.2 Å². The number of hydrogen-bond donors (Lipinski definition) is 0. The molecule has 0 aliphatic heterocycles. The Morgan fingerprint density at radius 2 is 1.44 bits per heavy atom. The first-order chi connectivity index (χ1) is 16.7. The first kappa shape index (κ1) is 28.5. The maximum absolute atomic E-state index is 13.2. The van der Waals surface area contributed by atoms with Gasteiger partial charge in [-0.25, -0.2) is 9.59 Å². The molecule has 36 heavy (non-hydrogen) atoms. The minimum Gasteiger partial charge on any atom is -0.618 e. The van der Waals surface area contributed by atoms with Crippen LogP contribution in [0.2, 0.25) is 0 Å². The van der Waals surface area contributed by atoms with Gasteiger partial charge in [0.15, 0.2) is 6.20 Å². The van der Waals surface area contributed by atoms with Crippen molar-refractivity contribution in [1.82, 2.24) is 0 Å². The number of ether oxygens (including phenoxy) is 1. The number of pyridine rings is 1. The molecule has 0 aliphatic rings. The Bertz CT molecular complexity index is 1040. The second-order valence-corrected chi connectivity index (χ2v) is 9.68. The Labute approximate surface area is 209 Å². The van der Waals surface area contributed by atoms with E-state index < -0.39 is 29.4 Å². The predicted octanol–water partition coefficient (Wildman–Crippen LogP) is 4.63. The summed E-state index contributed by atoms with van der Waals surface area (Å²) in [5.74, 6) is -0.597. The molecule has 0 spiro atoms. The Kier molecular flexibility index (Phi) is 9.37. The number of anilines is 1. The topological polar surface area (TPSA) is 128 Å². The van der Waals surface area contributed by atoms with E-state index in [0.29, 0.717) is 15.2 Å². The summed E-state index contributed by atoms with van der Waals surface area (Å²) in [6, 6.07) is 9.65. The monoisotopic (exact) mass is 504 g/mol.